The molecule has 0 bridgehead atoms. The Morgan fingerprint density at radius 3 is 1.02 bits per heavy atom. The molecule has 2 aliphatic carbocycles. The van der Waals surface area contributed by atoms with E-state index in [-0.39, 0.29) is 24.3 Å². The van der Waals surface area contributed by atoms with Crippen molar-refractivity contribution >= 4 is 45.9 Å². The zero-order chi connectivity index (χ0) is 41.2. The molecule has 0 spiro atoms. The van der Waals surface area contributed by atoms with Crippen LogP contribution in [0.2, 0.25) is 0 Å². The highest BCUT2D eigenvalue weighted by molar-refractivity contribution is 5.97. The van der Waals surface area contributed by atoms with E-state index in [1.54, 1.807) is 0 Å². The lowest BCUT2D eigenvalue weighted by Gasteiger charge is -2.26. The number of anilines is 6. The van der Waals surface area contributed by atoms with Crippen LogP contribution < -0.4 is 9.80 Å². The lowest BCUT2D eigenvalue weighted by molar-refractivity contribution is 0.255. The molecule has 6 heteroatoms. The van der Waals surface area contributed by atoms with Gasteiger partial charge in [-0.15, -0.1) is 0 Å². The van der Waals surface area contributed by atoms with Crippen LogP contribution in [0, 0.1) is 0 Å². The number of para-hydroxylation sites is 2. The van der Waals surface area contributed by atoms with Crippen LogP contribution in [0.4, 0.5) is 34.1 Å². The first-order chi connectivity index (χ1) is 30.7. The van der Waals surface area contributed by atoms with Gasteiger partial charge in [-0.05, 0) is 138 Å². The van der Waals surface area contributed by atoms with Crippen molar-refractivity contribution in [3.8, 4) is 22.3 Å². The minimum atomic E-state index is -0.0311. The summed E-state index contributed by atoms with van der Waals surface area (Å²) in [6.45, 7) is 0. The molecule has 2 heterocycles. The topological polar surface area (TPSA) is 49.7 Å². The van der Waals surface area contributed by atoms with Crippen molar-refractivity contribution < 1.29 is 9.47 Å². The number of fused-ring (bicyclic) bond motifs is 2. The van der Waals surface area contributed by atoms with E-state index in [0.717, 1.165) is 67.5 Å². The summed E-state index contributed by atoms with van der Waals surface area (Å²) >= 11 is 0. The van der Waals surface area contributed by atoms with Gasteiger partial charge in [0.05, 0.1) is 0 Å². The maximum atomic E-state index is 6.18. The van der Waals surface area contributed by atoms with Gasteiger partial charge in [-0.1, -0.05) is 115 Å². The molecule has 0 saturated carbocycles. The summed E-state index contributed by atoms with van der Waals surface area (Å²) in [7, 11) is 0. The molecule has 0 radical (unpaired) electrons. The normalized spacial score (nSPS) is 19.2. The van der Waals surface area contributed by atoms with Gasteiger partial charge in [0.2, 0.25) is 11.8 Å². The van der Waals surface area contributed by atoms with Gasteiger partial charge in [0.15, 0.2) is 0 Å². The van der Waals surface area contributed by atoms with E-state index in [1.807, 2.05) is 36.4 Å². The van der Waals surface area contributed by atoms with Crippen LogP contribution in [0.15, 0.2) is 241 Å². The lowest BCUT2D eigenvalue weighted by Crippen LogP contribution is -2.19. The van der Waals surface area contributed by atoms with Crippen molar-refractivity contribution in [2.45, 2.75) is 24.3 Å². The molecular formula is C56H42N4O2. The predicted octanol–water partition coefficient (Wildman–Crippen LogP) is 13.2. The van der Waals surface area contributed by atoms with Gasteiger partial charge in [-0.3, -0.25) is 0 Å². The van der Waals surface area contributed by atoms with Crippen molar-refractivity contribution in [2.75, 3.05) is 9.80 Å². The van der Waals surface area contributed by atoms with Crippen LogP contribution in [0.25, 0.3) is 22.3 Å². The van der Waals surface area contributed by atoms with E-state index >= 15 is 0 Å². The molecule has 11 rings (SSSR count). The summed E-state index contributed by atoms with van der Waals surface area (Å²) < 4.78 is 12.4. The molecule has 7 aromatic rings. The summed E-state index contributed by atoms with van der Waals surface area (Å²) in [4.78, 5) is 14.2. The maximum Gasteiger partial charge on any atom is 0.217 e. The van der Waals surface area contributed by atoms with E-state index in [0.29, 0.717) is 11.8 Å². The highest BCUT2D eigenvalue weighted by atomic mass is 16.5. The fourth-order valence-electron chi connectivity index (χ4n) is 8.51. The van der Waals surface area contributed by atoms with E-state index in [2.05, 4.69) is 204 Å². The van der Waals surface area contributed by atoms with E-state index in [1.165, 1.54) is 0 Å². The number of allylic oxidation sites excluding steroid dienone is 4. The van der Waals surface area contributed by atoms with Gasteiger partial charge < -0.3 is 19.3 Å². The molecule has 0 fully saturated rings. The number of benzene rings is 7. The minimum absolute atomic E-state index is 0.0311. The Kier molecular flexibility index (Phi) is 9.71. The third-order valence-electron chi connectivity index (χ3n) is 11.7. The first kappa shape index (κ1) is 37.1. The first-order valence-corrected chi connectivity index (χ1v) is 21.1. The summed E-state index contributed by atoms with van der Waals surface area (Å²) in [5.41, 5.74) is 13.0. The summed E-state index contributed by atoms with van der Waals surface area (Å²) in [6, 6.07) is 64.4. The van der Waals surface area contributed by atoms with Crippen LogP contribution >= 0.6 is 0 Å². The Hall–Kier alpha value is -7.96. The molecule has 7 aromatic carbocycles. The molecule has 0 amide bonds. The average molecular weight is 803 g/mol. The van der Waals surface area contributed by atoms with Crippen molar-refractivity contribution in [3.63, 3.8) is 0 Å². The fourth-order valence-corrected chi connectivity index (χ4v) is 8.51. The minimum Gasteiger partial charge on any atom is -0.467 e. The molecule has 298 valence electrons. The second kappa shape index (κ2) is 16.2. The molecule has 62 heavy (non-hydrogen) atoms. The van der Waals surface area contributed by atoms with Crippen LogP contribution in [-0.4, -0.2) is 36.1 Å². The highest BCUT2D eigenvalue weighted by Crippen LogP contribution is 2.39. The molecule has 0 aromatic heterocycles. The van der Waals surface area contributed by atoms with Crippen LogP contribution in [-0.2, 0) is 9.47 Å². The smallest absolute Gasteiger partial charge is 0.217 e. The van der Waals surface area contributed by atoms with Gasteiger partial charge in [0.25, 0.3) is 0 Å². The first-order valence-electron chi connectivity index (χ1n) is 21.1. The number of rotatable bonds is 10. The van der Waals surface area contributed by atoms with E-state index < -0.39 is 0 Å². The third-order valence-corrected chi connectivity index (χ3v) is 11.7. The second-order valence-electron chi connectivity index (χ2n) is 15.7. The number of hydrogen-bond donors (Lipinski definition) is 0. The van der Waals surface area contributed by atoms with Gasteiger partial charge in [0.1, 0.15) is 24.3 Å². The van der Waals surface area contributed by atoms with Crippen LogP contribution in [0.5, 0.6) is 0 Å². The third kappa shape index (κ3) is 7.33. The highest BCUT2D eigenvalue weighted by Gasteiger charge is 2.30. The molecular weight excluding hydrogens is 761 g/mol. The van der Waals surface area contributed by atoms with Gasteiger partial charge in [0, 0.05) is 45.3 Å². The van der Waals surface area contributed by atoms with Gasteiger partial charge in [-0.25, -0.2) is 9.98 Å². The van der Waals surface area contributed by atoms with Crippen molar-refractivity contribution in [1.82, 2.24) is 0 Å². The Morgan fingerprint density at radius 1 is 0.306 bits per heavy atom. The Labute approximate surface area is 362 Å². The van der Waals surface area contributed by atoms with Crippen molar-refractivity contribution in [3.05, 3.63) is 242 Å². The Balaban J connectivity index is 0.835. The molecule has 0 saturated heterocycles. The summed E-state index contributed by atoms with van der Waals surface area (Å²) in [6.07, 6.45) is 16.4. The zero-order valence-corrected chi connectivity index (χ0v) is 33.9. The number of ether oxygens (including phenoxy) is 2. The summed E-state index contributed by atoms with van der Waals surface area (Å²) in [5.74, 6) is 1.37. The number of hydrogen-bond acceptors (Lipinski definition) is 6. The zero-order valence-electron chi connectivity index (χ0n) is 33.9. The van der Waals surface area contributed by atoms with Crippen LogP contribution in [0.3, 0.4) is 0 Å². The lowest BCUT2D eigenvalue weighted by atomic mass is 9.98. The number of nitrogens with zero attached hydrogens (tertiary/aromatic N) is 4. The average Bonchev–Trinajstić information content (AvgIpc) is 3.99. The summed E-state index contributed by atoms with van der Waals surface area (Å²) in [5, 5.41) is 0. The van der Waals surface area contributed by atoms with Gasteiger partial charge >= 0.3 is 0 Å². The molecule has 0 N–H and O–H groups in total. The second-order valence-corrected chi connectivity index (χ2v) is 15.7. The van der Waals surface area contributed by atoms with Crippen LogP contribution in [0.1, 0.15) is 11.1 Å². The standard InChI is InChI=1S/C56H42N4O2/c1-3-14-45(15-4-1)59(49-34-26-41(27-35-49)55-57-51-18-7-9-20-53(51)61-55)47-30-22-39(23-31-47)43-12-11-13-44(38-43)40-24-32-48(33-25-40)60(46-16-5-2-6-17-46)50-36-28-42(29-37-50)56-58-52-19-8-10-21-54(52)62-56/h1-38,51-54H. The molecule has 2 aliphatic heterocycles. The monoisotopic (exact) mass is 802 g/mol. The maximum absolute atomic E-state index is 6.18. The Morgan fingerprint density at radius 2 is 0.645 bits per heavy atom. The van der Waals surface area contributed by atoms with Gasteiger partial charge in [-0.2, -0.15) is 0 Å². The van der Waals surface area contributed by atoms with Crippen molar-refractivity contribution in [2.24, 2.45) is 9.98 Å². The molecule has 4 unspecified atom stereocenters. The quantitative estimate of drug-likeness (QED) is 0.138. The fraction of sp³-hybridized carbons (Fsp3) is 0.0714. The van der Waals surface area contributed by atoms with E-state index in [4.69, 9.17) is 19.5 Å². The Bertz CT molecular complexity index is 2700. The predicted molar refractivity (Wildman–Crippen MR) is 254 cm³/mol. The molecule has 6 nitrogen and oxygen atoms in total. The van der Waals surface area contributed by atoms with E-state index in [9.17, 15) is 0 Å². The largest absolute Gasteiger partial charge is 0.467 e. The molecule has 4 aliphatic rings. The SMILES string of the molecule is C1=CC2N=C(c3ccc(N(c4ccccc4)c4ccc(-c5cccc(-c6ccc(N(c7ccccc7)c7ccc(C8=NC9C=CC=CC9O8)cc7)cc6)c5)cc4)cc3)OC2C=C1. The number of aliphatic imine (C=N–C) groups is 2. The van der Waals surface area contributed by atoms with Crippen molar-refractivity contribution in [1.29, 1.82) is 0 Å². The molecule has 4 atom stereocenters.